The van der Waals surface area contributed by atoms with Crippen molar-refractivity contribution in [3.8, 4) is 5.69 Å². The highest BCUT2D eigenvalue weighted by atomic mass is 16.6. The summed E-state index contributed by atoms with van der Waals surface area (Å²) in [5.41, 5.74) is 1.77. The second-order valence-corrected chi connectivity index (χ2v) is 5.44. The van der Waals surface area contributed by atoms with Crippen LogP contribution >= 0.6 is 0 Å². The van der Waals surface area contributed by atoms with Crippen LogP contribution in [0.25, 0.3) is 5.69 Å². The normalized spacial score (nSPS) is 10.4. The number of para-hydroxylation sites is 1. The van der Waals surface area contributed by atoms with Gasteiger partial charge < -0.3 is 4.90 Å². The maximum atomic E-state index is 12.5. The molecule has 0 bridgehead atoms. The molecule has 0 aliphatic rings. The molecule has 2 aromatic carbocycles. The van der Waals surface area contributed by atoms with Crippen molar-refractivity contribution in [3.63, 3.8) is 0 Å². The fourth-order valence-corrected chi connectivity index (χ4v) is 2.47. The van der Waals surface area contributed by atoms with Crippen LogP contribution in [0.1, 0.15) is 15.9 Å². The molecule has 8 heteroatoms. The zero-order chi connectivity index (χ0) is 17.8. The molecule has 1 heterocycles. The summed E-state index contributed by atoms with van der Waals surface area (Å²) in [7, 11) is 1.62. The van der Waals surface area contributed by atoms with E-state index in [0.29, 0.717) is 11.1 Å². The maximum absolute atomic E-state index is 12.5. The monoisotopic (exact) mass is 337 g/mol. The molecule has 25 heavy (non-hydrogen) atoms. The largest absolute Gasteiger partial charge is 0.337 e. The smallest absolute Gasteiger partial charge is 0.274 e. The Labute approximate surface area is 143 Å². The minimum atomic E-state index is -0.444. The van der Waals surface area contributed by atoms with E-state index in [-0.39, 0.29) is 18.1 Å². The number of hydrogen-bond acceptors (Lipinski definition) is 5. The summed E-state index contributed by atoms with van der Waals surface area (Å²) in [4.78, 5) is 24.6. The van der Waals surface area contributed by atoms with E-state index in [2.05, 4.69) is 10.3 Å². The zero-order valence-corrected chi connectivity index (χ0v) is 13.4. The van der Waals surface area contributed by atoms with Crippen LogP contribution in [0, 0.1) is 10.1 Å². The van der Waals surface area contributed by atoms with Crippen molar-refractivity contribution in [1.29, 1.82) is 0 Å². The van der Waals surface area contributed by atoms with Gasteiger partial charge >= 0.3 is 0 Å². The number of nitro benzene ring substituents is 1. The van der Waals surface area contributed by atoms with Crippen molar-refractivity contribution in [3.05, 3.63) is 82.2 Å². The third-order valence-corrected chi connectivity index (χ3v) is 3.74. The lowest BCUT2D eigenvalue weighted by molar-refractivity contribution is -0.385. The van der Waals surface area contributed by atoms with Crippen LogP contribution in [-0.2, 0) is 6.54 Å². The molecule has 8 nitrogen and oxygen atoms in total. The lowest BCUT2D eigenvalue weighted by atomic mass is 10.1. The molecule has 0 radical (unpaired) electrons. The average Bonchev–Trinajstić information content (AvgIpc) is 3.16. The number of aromatic nitrogens is 3. The molecule has 0 unspecified atom stereocenters. The Morgan fingerprint density at radius 1 is 1.20 bits per heavy atom. The number of benzene rings is 2. The Hall–Kier alpha value is -3.55. The van der Waals surface area contributed by atoms with E-state index in [1.54, 1.807) is 66.6 Å². The lowest BCUT2D eigenvalue weighted by Crippen LogP contribution is -2.26. The minimum Gasteiger partial charge on any atom is -0.337 e. The summed E-state index contributed by atoms with van der Waals surface area (Å²) in [6.07, 6.45) is 3.27. The van der Waals surface area contributed by atoms with Gasteiger partial charge in [0.1, 0.15) is 0 Å². The number of amides is 1. The van der Waals surface area contributed by atoms with Crippen LogP contribution in [0.4, 0.5) is 5.69 Å². The molecule has 0 aliphatic heterocycles. The van der Waals surface area contributed by atoms with Gasteiger partial charge in [0.05, 0.1) is 29.5 Å². The summed E-state index contributed by atoms with van der Waals surface area (Å²) in [5.74, 6) is -0.219. The first-order valence-electron chi connectivity index (χ1n) is 7.51. The summed E-state index contributed by atoms with van der Waals surface area (Å²) in [6, 6.07) is 13.3. The van der Waals surface area contributed by atoms with E-state index < -0.39 is 4.92 Å². The molecule has 0 fully saturated rings. The molecule has 0 N–H and O–H groups in total. The van der Waals surface area contributed by atoms with Crippen molar-refractivity contribution in [1.82, 2.24) is 19.9 Å². The second kappa shape index (κ2) is 6.91. The summed E-state index contributed by atoms with van der Waals surface area (Å²) in [5, 5.41) is 18.7. The Morgan fingerprint density at radius 3 is 2.56 bits per heavy atom. The molecule has 1 aromatic heterocycles. The molecule has 0 aliphatic carbocycles. The first-order chi connectivity index (χ1) is 12.1. The quantitative estimate of drug-likeness (QED) is 0.526. The molecule has 126 valence electrons. The summed E-state index contributed by atoms with van der Waals surface area (Å²) >= 11 is 0. The summed E-state index contributed by atoms with van der Waals surface area (Å²) < 4.78 is 1.59. The van der Waals surface area contributed by atoms with Gasteiger partial charge in [-0.1, -0.05) is 23.4 Å². The van der Waals surface area contributed by atoms with Gasteiger partial charge in [0.2, 0.25) is 0 Å². The third kappa shape index (κ3) is 3.52. The average molecular weight is 337 g/mol. The third-order valence-electron chi connectivity index (χ3n) is 3.74. The first kappa shape index (κ1) is 16.3. The standard InChI is InChI=1S/C17H15N5O3/c1-20(12-14-4-2-3-5-16(14)22(24)25)17(23)13-6-8-15(9-7-13)21-11-10-18-19-21/h2-11H,12H2,1H3. The van der Waals surface area contributed by atoms with Crippen molar-refractivity contribution >= 4 is 11.6 Å². The first-order valence-corrected chi connectivity index (χ1v) is 7.51. The number of carbonyl (C=O) groups is 1. The number of rotatable bonds is 5. The topological polar surface area (TPSA) is 94.2 Å². The van der Waals surface area contributed by atoms with Crippen LogP contribution in [0.2, 0.25) is 0 Å². The van der Waals surface area contributed by atoms with Gasteiger partial charge in [0.25, 0.3) is 11.6 Å². The number of nitrogens with zero attached hydrogens (tertiary/aromatic N) is 5. The number of hydrogen-bond donors (Lipinski definition) is 0. The number of nitro groups is 1. The SMILES string of the molecule is CN(Cc1ccccc1[N+](=O)[O-])C(=O)c1ccc(-n2ccnn2)cc1. The Balaban J connectivity index is 1.76. The molecule has 3 aromatic rings. The van der Waals surface area contributed by atoms with E-state index in [1.807, 2.05) is 0 Å². The molecule has 0 spiro atoms. The van der Waals surface area contributed by atoms with E-state index in [9.17, 15) is 14.9 Å². The predicted octanol–water partition coefficient (Wildman–Crippen LogP) is 2.45. The Bertz CT molecular complexity index is 891. The second-order valence-electron chi connectivity index (χ2n) is 5.44. The molecule has 0 atom stereocenters. The fraction of sp³-hybridized carbons (Fsp3) is 0.118. The maximum Gasteiger partial charge on any atom is 0.274 e. The van der Waals surface area contributed by atoms with Crippen LogP contribution in [0.5, 0.6) is 0 Å². The molecular formula is C17H15N5O3. The van der Waals surface area contributed by atoms with Crippen molar-refractivity contribution in [2.45, 2.75) is 6.54 Å². The fourth-order valence-electron chi connectivity index (χ4n) is 2.47. The summed E-state index contributed by atoms with van der Waals surface area (Å²) in [6.45, 7) is 0.154. The van der Waals surface area contributed by atoms with Gasteiger partial charge in [-0.05, 0) is 24.3 Å². The van der Waals surface area contributed by atoms with E-state index in [4.69, 9.17) is 0 Å². The predicted molar refractivity (Wildman–Crippen MR) is 90.3 cm³/mol. The Kier molecular flexibility index (Phi) is 4.51. The van der Waals surface area contributed by atoms with Gasteiger partial charge in [-0.25, -0.2) is 4.68 Å². The highest BCUT2D eigenvalue weighted by Crippen LogP contribution is 2.20. The van der Waals surface area contributed by atoms with Crippen LogP contribution < -0.4 is 0 Å². The van der Waals surface area contributed by atoms with Gasteiger partial charge in [-0.15, -0.1) is 5.10 Å². The van der Waals surface area contributed by atoms with Crippen LogP contribution in [0.3, 0.4) is 0 Å². The zero-order valence-electron chi connectivity index (χ0n) is 13.4. The highest BCUT2D eigenvalue weighted by molar-refractivity contribution is 5.94. The van der Waals surface area contributed by atoms with E-state index in [1.165, 1.54) is 11.0 Å². The molecule has 1 amide bonds. The lowest BCUT2D eigenvalue weighted by Gasteiger charge is -2.17. The van der Waals surface area contributed by atoms with Gasteiger partial charge in [-0.2, -0.15) is 0 Å². The minimum absolute atomic E-state index is 0.00341. The number of carbonyl (C=O) groups excluding carboxylic acids is 1. The molecule has 0 saturated heterocycles. The molecule has 0 saturated carbocycles. The van der Waals surface area contributed by atoms with E-state index in [0.717, 1.165) is 5.69 Å². The van der Waals surface area contributed by atoms with Crippen LogP contribution in [0.15, 0.2) is 60.9 Å². The van der Waals surface area contributed by atoms with E-state index >= 15 is 0 Å². The van der Waals surface area contributed by atoms with Crippen molar-refractivity contribution < 1.29 is 9.72 Å². The van der Waals surface area contributed by atoms with Crippen LogP contribution in [-0.4, -0.2) is 37.8 Å². The highest BCUT2D eigenvalue weighted by Gasteiger charge is 2.18. The Morgan fingerprint density at radius 2 is 1.92 bits per heavy atom. The molecule has 3 rings (SSSR count). The van der Waals surface area contributed by atoms with Gasteiger partial charge in [0.15, 0.2) is 0 Å². The van der Waals surface area contributed by atoms with Gasteiger partial charge in [0, 0.05) is 24.2 Å². The van der Waals surface area contributed by atoms with Crippen molar-refractivity contribution in [2.24, 2.45) is 0 Å². The molecular weight excluding hydrogens is 322 g/mol. The van der Waals surface area contributed by atoms with Gasteiger partial charge in [-0.3, -0.25) is 14.9 Å². The van der Waals surface area contributed by atoms with Crippen molar-refractivity contribution in [2.75, 3.05) is 7.05 Å².